The van der Waals surface area contributed by atoms with Gasteiger partial charge in [0, 0.05) is 12.1 Å². The molecule has 0 bridgehead atoms. The second kappa shape index (κ2) is 7.90. The fourth-order valence-electron chi connectivity index (χ4n) is 2.11. The Kier molecular flexibility index (Phi) is 5.90. The smallest absolute Gasteiger partial charge is 0.247 e. The van der Waals surface area contributed by atoms with Gasteiger partial charge in [0.2, 0.25) is 11.8 Å². The molecule has 0 aliphatic heterocycles. The van der Waals surface area contributed by atoms with Gasteiger partial charge in [0.1, 0.15) is 0 Å². The highest BCUT2D eigenvalue weighted by atomic mass is 16.4. The zero-order valence-electron chi connectivity index (χ0n) is 12.7. The van der Waals surface area contributed by atoms with E-state index >= 15 is 0 Å². The van der Waals surface area contributed by atoms with Crippen LogP contribution in [-0.4, -0.2) is 39.9 Å². The van der Waals surface area contributed by atoms with Crippen LogP contribution in [0.1, 0.15) is 31.2 Å². The summed E-state index contributed by atoms with van der Waals surface area (Å²) in [6.45, 7) is 6.48. The van der Waals surface area contributed by atoms with Crippen LogP contribution in [0, 0.1) is 6.92 Å². The maximum absolute atomic E-state index is 9.11. The number of benzene rings is 1. The van der Waals surface area contributed by atoms with Crippen molar-refractivity contribution in [2.45, 2.75) is 33.2 Å². The molecule has 0 spiro atoms. The summed E-state index contributed by atoms with van der Waals surface area (Å²) in [5.74, 6) is 1.14. The van der Waals surface area contributed by atoms with E-state index in [1.165, 1.54) is 5.56 Å². The van der Waals surface area contributed by atoms with Crippen molar-refractivity contribution >= 4 is 0 Å². The van der Waals surface area contributed by atoms with Gasteiger partial charge in [0.05, 0.1) is 13.2 Å². The summed E-state index contributed by atoms with van der Waals surface area (Å²) < 4.78 is 5.72. The van der Waals surface area contributed by atoms with Crippen molar-refractivity contribution in [3.05, 3.63) is 35.7 Å². The van der Waals surface area contributed by atoms with Crippen LogP contribution in [0.25, 0.3) is 11.5 Å². The lowest BCUT2D eigenvalue weighted by molar-refractivity contribution is 0.177. The Labute approximate surface area is 125 Å². The first-order valence-electron chi connectivity index (χ1n) is 7.45. The van der Waals surface area contributed by atoms with Gasteiger partial charge >= 0.3 is 0 Å². The van der Waals surface area contributed by atoms with Gasteiger partial charge in [-0.1, -0.05) is 31.0 Å². The molecule has 0 atom stereocenters. The number of aliphatic hydroxyl groups excluding tert-OH is 1. The molecule has 21 heavy (non-hydrogen) atoms. The first-order chi connectivity index (χ1) is 10.2. The zero-order chi connectivity index (χ0) is 15.1. The van der Waals surface area contributed by atoms with Gasteiger partial charge in [0.25, 0.3) is 0 Å². The van der Waals surface area contributed by atoms with Crippen LogP contribution in [0.4, 0.5) is 0 Å². The number of aliphatic hydroxyl groups is 1. The number of aryl methyl sites for hydroxylation is 1. The number of rotatable bonds is 8. The van der Waals surface area contributed by atoms with Crippen LogP contribution >= 0.6 is 0 Å². The third-order valence-electron chi connectivity index (χ3n) is 3.37. The largest absolute Gasteiger partial charge is 0.419 e. The van der Waals surface area contributed by atoms with Crippen LogP contribution in [0.15, 0.2) is 28.7 Å². The maximum atomic E-state index is 9.11. The van der Waals surface area contributed by atoms with Gasteiger partial charge in [-0.3, -0.25) is 4.90 Å². The van der Waals surface area contributed by atoms with Crippen molar-refractivity contribution in [2.75, 3.05) is 19.7 Å². The average Bonchev–Trinajstić information content (AvgIpc) is 2.94. The number of nitrogens with zero attached hydrogens (tertiary/aromatic N) is 3. The van der Waals surface area contributed by atoms with E-state index < -0.39 is 0 Å². The molecule has 0 aliphatic rings. The average molecular weight is 289 g/mol. The molecule has 0 fully saturated rings. The summed E-state index contributed by atoms with van der Waals surface area (Å²) in [7, 11) is 0. The molecule has 1 aromatic heterocycles. The second-order valence-corrected chi connectivity index (χ2v) is 5.22. The summed E-state index contributed by atoms with van der Waals surface area (Å²) in [6, 6.07) is 8.02. The summed E-state index contributed by atoms with van der Waals surface area (Å²) in [6.07, 6.45) is 2.22. The normalized spacial score (nSPS) is 11.2. The van der Waals surface area contributed by atoms with Crippen molar-refractivity contribution in [1.29, 1.82) is 0 Å². The van der Waals surface area contributed by atoms with Gasteiger partial charge in [0.15, 0.2) is 0 Å². The lowest BCUT2D eigenvalue weighted by Crippen LogP contribution is -2.27. The van der Waals surface area contributed by atoms with Crippen LogP contribution in [0.5, 0.6) is 0 Å². The van der Waals surface area contributed by atoms with Crippen molar-refractivity contribution in [3.63, 3.8) is 0 Å². The Morgan fingerprint density at radius 1 is 1.14 bits per heavy atom. The van der Waals surface area contributed by atoms with Crippen molar-refractivity contribution in [2.24, 2.45) is 0 Å². The molecular weight excluding hydrogens is 266 g/mol. The van der Waals surface area contributed by atoms with E-state index in [9.17, 15) is 0 Å². The lowest BCUT2D eigenvalue weighted by Gasteiger charge is -2.18. The molecular formula is C16H23N3O2. The second-order valence-electron chi connectivity index (χ2n) is 5.22. The summed E-state index contributed by atoms with van der Waals surface area (Å²) in [4.78, 5) is 2.13. The van der Waals surface area contributed by atoms with Gasteiger partial charge in [-0.2, -0.15) is 0 Å². The highest BCUT2D eigenvalue weighted by Crippen LogP contribution is 2.18. The van der Waals surface area contributed by atoms with Crippen LogP contribution in [-0.2, 0) is 6.54 Å². The monoisotopic (exact) mass is 289 g/mol. The van der Waals surface area contributed by atoms with Crippen molar-refractivity contribution in [1.82, 2.24) is 15.1 Å². The van der Waals surface area contributed by atoms with Gasteiger partial charge < -0.3 is 9.52 Å². The molecule has 5 heteroatoms. The molecule has 1 heterocycles. The summed E-state index contributed by atoms with van der Waals surface area (Å²) in [5.41, 5.74) is 2.13. The van der Waals surface area contributed by atoms with E-state index in [2.05, 4.69) is 22.0 Å². The van der Waals surface area contributed by atoms with Crippen LogP contribution in [0.2, 0.25) is 0 Å². The highest BCUT2D eigenvalue weighted by molar-refractivity contribution is 5.52. The Hall–Kier alpha value is -1.72. The zero-order valence-corrected chi connectivity index (χ0v) is 12.7. The Bertz CT molecular complexity index is 537. The first kappa shape index (κ1) is 15.7. The molecule has 2 aromatic rings. The Balaban J connectivity index is 2.02. The number of unbranched alkanes of at least 4 members (excludes halogenated alkanes) is 1. The van der Waals surface area contributed by atoms with Gasteiger partial charge in [-0.25, -0.2) is 0 Å². The molecule has 1 N–H and O–H groups in total. The summed E-state index contributed by atoms with van der Waals surface area (Å²) in [5, 5.41) is 17.3. The molecule has 114 valence electrons. The van der Waals surface area contributed by atoms with E-state index in [0.29, 0.717) is 24.9 Å². The SMILES string of the molecule is CCCCN(CCO)Cc1nnc(-c2ccc(C)cc2)o1. The minimum atomic E-state index is 0.142. The topological polar surface area (TPSA) is 62.4 Å². The van der Waals surface area contributed by atoms with Crippen molar-refractivity contribution < 1.29 is 9.52 Å². The number of aromatic nitrogens is 2. The van der Waals surface area contributed by atoms with E-state index in [-0.39, 0.29) is 6.61 Å². The highest BCUT2D eigenvalue weighted by Gasteiger charge is 2.12. The predicted molar refractivity (Wildman–Crippen MR) is 81.7 cm³/mol. The predicted octanol–water partition coefficient (Wildman–Crippen LogP) is 2.64. The van der Waals surface area contributed by atoms with E-state index in [1.54, 1.807) is 0 Å². The van der Waals surface area contributed by atoms with Crippen LogP contribution in [0.3, 0.4) is 0 Å². The van der Waals surface area contributed by atoms with Gasteiger partial charge in [-0.05, 0) is 32.0 Å². The molecule has 0 aliphatic carbocycles. The Morgan fingerprint density at radius 3 is 2.57 bits per heavy atom. The summed E-state index contributed by atoms with van der Waals surface area (Å²) >= 11 is 0. The molecule has 5 nitrogen and oxygen atoms in total. The first-order valence-corrected chi connectivity index (χ1v) is 7.45. The maximum Gasteiger partial charge on any atom is 0.247 e. The molecule has 0 saturated heterocycles. The molecule has 0 saturated carbocycles. The number of hydrogen-bond acceptors (Lipinski definition) is 5. The molecule has 1 aromatic carbocycles. The lowest BCUT2D eigenvalue weighted by atomic mass is 10.1. The fraction of sp³-hybridized carbons (Fsp3) is 0.500. The standard InChI is InChI=1S/C16H23N3O2/c1-3-4-9-19(10-11-20)12-15-17-18-16(21-15)14-7-5-13(2)6-8-14/h5-8,20H,3-4,9-12H2,1-2H3. The van der Waals surface area contributed by atoms with Crippen LogP contribution < -0.4 is 0 Å². The van der Waals surface area contributed by atoms with E-state index in [1.807, 2.05) is 31.2 Å². The Morgan fingerprint density at radius 2 is 1.90 bits per heavy atom. The molecule has 2 rings (SSSR count). The number of hydrogen-bond donors (Lipinski definition) is 1. The minimum Gasteiger partial charge on any atom is -0.419 e. The minimum absolute atomic E-state index is 0.142. The van der Waals surface area contributed by atoms with E-state index in [0.717, 1.165) is 24.9 Å². The van der Waals surface area contributed by atoms with Gasteiger partial charge in [-0.15, -0.1) is 10.2 Å². The molecule has 0 unspecified atom stereocenters. The molecule has 0 radical (unpaired) electrons. The third-order valence-corrected chi connectivity index (χ3v) is 3.37. The third kappa shape index (κ3) is 4.65. The van der Waals surface area contributed by atoms with Crippen molar-refractivity contribution in [3.8, 4) is 11.5 Å². The fourth-order valence-corrected chi connectivity index (χ4v) is 2.11. The van der Waals surface area contributed by atoms with E-state index in [4.69, 9.17) is 9.52 Å². The quantitative estimate of drug-likeness (QED) is 0.809. The molecule has 0 amide bonds.